The number of esters is 1. The highest BCUT2D eigenvalue weighted by Crippen LogP contribution is 2.42. The third-order valence-electron chi connectivity index (χ3n) is 6.00. The molecule has 3 rings (SSSR count). The van der Waals surface area contributed by atoms with Gasteiger partial charge < -0.3 is 18.9 Å². The molecule has 3 atom stereocenters. The second kappa shape index (κ2) is 10.5. The molecule has 0 unspecified atom stereocenters. The summed E-state index contributed by atoms with van der Waals surface area (Å²) in [4.78, 5) is 12.3. The molecule has 0 bridgehead atoms. The number of methoxy groups -OCH3 is 2. The van der Waals surface area contributed by atoms with E-state index >= 15 is 0 Å². The second-order valence-corrected chi connectivity index (χ2v) is 8.05. The number of ether oxygens (including phenoxy) is 4. The molecule has 0 saturated carbocycles. The lowest BCUT2D eigenvalue weighted by Gasteiger charge is -2.24. The number of carbonyl (C=O) groups is 1. The minimum atomic E-state index is -0.283. The van der Waals surface area contributed by atoms with Gasteiger partial charge in [-0.1, -0.05) is 42.0 Å². The Labute approximate surface area is 185 Å². The van der Waals surface area contributed by atoms with Crippen molar-refractivity contribution in [2.24, 2.45) is 11.8 Å². The van der Waals surface area contributed by atoms with E-state index in [1.165, 1.54) is 11.1 Å². The Morgan fingerprint density at radius 2 is 1.81 bits per heavy atom. The van der Waals surface area contributed by atoms with Gasteiger partial charge in [-0.05, 0) is 56.4 Å². The lowest BCUT2D eigenvalue weighted by Crippen LogP contribution is -2.24. The van der Waals surface area contributed by atoms with Gasteiger partial charge in [-0.2, -0.15) is 0 Å². The summed E-state index contributed by atoms with van der Waals surface area (Å²) >= 11 is 0. The maximum atomic E-state index is 12.3. The van der Waals surface area contributed by atoms with E-state index < -0.39 is 0 Å². The molecule has 1 aliphatic rings. The van der Waals surface area contributed by atoms with Gasteiger partial charge in [-0.15, -0.1) is 0 Å². The molecular formula is C26H32O5. The molecule has 1 aliphatic heterocycles. The van der Waals surface area contributed by atoms with Crippen LogP contribution in [-0.4, -0.2) is 33.4 Å². The van der Waals surface area contributed by atoms with Crippen LogP contribution in [0.3, 0.4) is 0 Å². The summed E-state index contributed by atoms with van der Waals surface area (Å²) < 4.78 is 22.8. The van der Waals surface area contributed by atoms with Crippen molar-refractivity contribution in [2.45, 2.75) is 33.3 Å². The molecule has 1 heterocycles. The van der Waals surface area contributed by atoms with E-state index in [1.54, 1.807) is 27.2 Å². The van der Waals surface area contributed by atoms with Crippen LogP contribution in [0.1, 0.15) is 36.6 Å². The Bertz CT molecular complexity index is 916. The SMILES string of the molecule is C/C=C(/C)C(=O)OC[C@H]1[C@@H](Cc2ccc(C)cc2)CO[C@@H]1c1ccc(OC)c(OC)c1. The maximum Gasteiger partial charge on any atom is 0.333 e. The minimum absolute atomic E-state index is 0.0352. The Hall–Kier alpha value is -2.79. The van der Waals surface area contributed by atoms with Crippen molar-refractivity contribution in [3.8, 4) is 11.5 Å². The average molecular weight is 425 g/mol. The quantitative estimate of drug-likeness (QED) is 0.438. The Kier molecular flexibility index (Phi) is 7.75. The van der Waals surface area contributed by atoms with Crippen LogP contribution in [0.2, 0.25) is 0 Å². The van der Waals surface area contributed by atoms with Gasteiger partial charge >= 0.3 is 5.97 Å². The van der Waals surface area contributed by atoms with Crippen molar-refractivity contribution in [3.05, 3.63) is 70.8 Å². The molecule has 2 aromatic rings. The number of allylic oxidation sites excluding steroid dienone is 1. The highest BCUT2D eigenvalue weighted by molar-refractivity contribution is 5.87. The summed E-state index contributed by atoms with van der Waals surface area (Å²) in [5.41, 5.74) is 4.10. The second-order valence-electron chi connectivity index (χ2n) is 8.05. The van der Waals surface area contributed by atoms with Crippen LogP contribution in [0.15, 0.2) is 54.1 Å². The first kappa shape index (κ1) is 22.9. The van der Waals surface area contributed by atoms with Gasteiger partial charge in [0.15, 0.2) is 11.5 Å². The van der Waals surface area contributed by atoms with Gasteiger partial charge in [-0.3, -0.25) is 0 Å². The molecular weight excluding hydrogens is 392 g/mol. The predicted octanol–water partition coefficient (Wildman–Crippen LogP) is 5.07. The summed E-state index contributed by atoms with van der Waals surface area (Å²) in [5, 5.41) is 0. The summed E-state index contributed by atoms with van der Waals surface area (Å²) in [7, 11) is 3.24. The maximum absolute atomic E-state index is 12.3. The van der Waals surface area contributed by atoms with Crippen LogP contribution in [-0.2, 0) is 20.7 Å². The lowest BCUT2D eigenvalue weighted by atomic mass is 9.84. The highest BCUT2D eigenvalue weighted by Gasteiger charge is 2.39. The minimum Gasteiger partial charge on any atom is -0.493 e. The van der Waals surface area contributed by atoms with E-state index in [-0.39, 0.29) is 23.9 Å². The first-order valence-corrected chi connectivity index (χ1v) is 10.7. The Morgan fingerprint density at radius 1 is 1.10 bits per heavy atom. The third kappa shape index (κ3) is 5.47. The van der Waals surface area contributed by atoms with Gasteiger partial charge in [0.05, 0.1) is 33.5 Å². The summed E-state index contributed by atoms with van der Waals surface area (Å²) in [5.74, 6) is 1.32. The normalized spacial score (nSPS) is 21.1. The summed E-state index contributed by atoms with van der Waals surface area (Å²) in [6.45, 7) is 6.60. The van der Waals surface area contributed by atoms with Crippen molar-refractivity contribution < 1.29 is 23.7 Å². The number of hydrogen-bond acceptors (Lipinski definition) is 5. The smallest absolute Gasteiger partial charge is 0.333 e. The van der Waals surface area contributed by atoms with Gasteiger partial charge in [0.25, 0.3) is 0 Å². The third-order valence-corrected chi connectivity index (χ3v) is 6.00. The van der Waals surface area contributed by atoms with Crippen molar-refractivity contribution in [1.29, 1.82) is 0 Å². The van der Waals surface area contributed by atoms with Gasteiger partial charge in [-0.25, -0.2) is 4.79 Å². The van der Waals surface area contributed by atoms with E-state index in [1.807, 2.05) is 25.1 Å². The highest BCUT2D eigenvalue weighted by atomic mass is 16.5. The predicted molar refractivity (Wildman–Crippen MR) is 120 cm³/mol. The van der Waals surface area contributed by atoms with E-state index in [4.69, 9.17) is 18.9 Å². The van der Waals surface area contributed by atoms with Gasteiger partial charge in [0.1, 0.15) is 0 Å². The fraction of sp³-hybridized carbons (Fsp3) is 0.423. The number of rotatable bonds is 8. The average Bonchev–Trinajstić information content (AvgIpc) is 3.19. The molecule has 1 fully saturated rings. The molecule has 5 heteroatoms. The lowest BCUT2D eigenvalue weighted by molar-refractivity contribution is -0.141. The zero-order valence-electron chi connectivity index (χ0n) is 19.0. The topological polar surface area (TPSA) is 54.0 Å². The molecule has 0 aromatic heterocycles. The molecule has 0 radical (unpaired) electrons. The van der Waals surface area contributed by atoms with Gasteiger partial charge in [0, 0.05) is 11.5 Å². The number of benzene rings is 2. The summed E-state index contributed by atoms with van der Waals surface area (Å²) in [6, 6.07) is 14.4. The molecule has 1 saturated heterocycles. The van der Waals surface area contributed by atoms with E-state index in [2.05, 4.69) is 31.2 Å². The molecule has 0 N–H and O–H groups in total. The molecule has 0 spiro atoms. The van der Waals surface area contributed by atoms with Crippen LogP contribution in [0.25, 0.3) is 0 Å². The molecule has 2 aromatic carbocycles. The van der Waals surface area contributed by atoms with E-state index in [0.29, 0.717) is 30.3 Å². The zero-order valence-corrected chi connectivity index (χ0v) is 19.0. The molecule has 0 amide bonds. The van der Waals surface area contributed by atoms with Crippen LogP contribution in [0.4, 0.5) is 0 Å². The largest absolute Gasteiger partial charge is 0.493 e. The molecule has 0 aliphatic carbocycles. The van der Waals surface area contributed by atoms with Crippen molar-refractivity contribution in [3.63, 3.8) is 0 Å². The monoisotopic (exact) mass is 424 g/mol. The van der Waals surface area contributed by atoms with E-state index in [0.717, 1.165) is 12.0 Å². The fourth-order valence-corrected chi connectivity index (χ4v) is 3.96. The standard InChI is InChI=1S/C26H32O5/c1-6-18(3)26(27)31-16-22-21(13-19-9-7-17(2)8-10-19)15-30-25(22)20-11-12-23(28-4)24(14-20)29-5/h6-12,14,21-22,25H,13,15-16H2,1-5H3/b18-6-/t21-,22-,25+/m0/s1. The van der Waals surface area contributed by atoms with Crippen molar-refractivity contribution in [2.75, 3.05) is 27.4 Å². The molecule has 166 valence electrons. The number of carbonyl (C=O) groups excluding carboxylic acids is 1. The van der Waals surface area contributed by atoms with Crippen LogP contribution >= 0.6 is 0 Å². The number of hydrogen-bond donors (Lipinski definition) is 0. The first-order chi connectivity index (χ1) is 15.0. The Balaban J connectivity index is 1.84. The van der Waals surface area contributed by atoms with Crippen molar-refractivity contribution in [1.82, 2.24) is 0 Å². The van der Waals surface area contributed by atoms with Crippen LogP contribution in [0, 0.1) is 18.8 Å². The van der Waals surface area contributed by atoms with E-state index in [9.17, 15) is 4.79 Å². The van der Waals surface area contributed by atoms with Crippen LogP contribution in [0.5, 0.6) is 11.5 Å². The fourth-order valence-electron chi connectivity index (χ4n) is 3.96. The Morgan fingerprint density at radius 3 is 2.45 bits per heavy atom. The first-order valence-electron chi connectivity index (χ1n) is 10.7. The van der Waals surface area contributed by atoms with Gasteiger partial charge in [0.2, 0.25) is 0 Å². The molecule has 5 nitrogen and oxygen atoms in total. The summed E-state index contributed by atoms with van der Waals surface area (Å²) in [6.07, 6.45) is 2.45. The van der Waals surface area contributed by atoms with Crippen molar-refractivity contribution >= 4 is 5.97 Å². The number of aryl methyl sites for hydroxylation is 1. The zero-order chi connectivity index (χ0) is 22.4. The molecule has 31 heavy (non-hydrogen) atoms. The van der Waals surface area contributed by atoms with Crippen LogP contribution < -0.4 is 9.47 Å².